The molecule has 11 aromatic rings. The van der Waals surface area contributed by atoms with Crippen LogP contribution in [0.4, 0.5) is 0 Å². The van der Waals surface area contributed by atoms with Gasteiger partial charge in [-0.05, 0) is 92.4 Å². The molecule has 0 fully saturated rings. The summed E-state index contributed by atoms with van der Waals surface area (Å²) in [7, 11) is 0. The van der Waals surface area contributed by atoms with Gasteiger partial charge in [0.1, 0.15) is 5.69 Å². The summed E-state index contributed by atoms with van der Waals surface area (Å²) in [6.07, 6.45) is 0. The number of aromatic nitrogens is 3. The van der Waals surface area contributed by atoms with Crippen LogP contribution in [-0.2, 0) is 0 Å². The minimum Gasteiger partial charge on any atom is -0.292 e. The molecule has 258 valence electrons. The zero-order valence-corrected chi connectivity index (χ0v) is 30.6. The maximum absolute atomic E-state index is 5.72. The van der Waals surface area contributed by atoms with Crippen molar-refractivity contribution in [2.45, 2.75) is 13.8 Å². The van der Waals surface area contributed by atoms with E-state index in [1.807, 2.05) is 0 Å². The Balaban J connectivity index is 1.33. The Morgan fingerprint density at radius 2 is 1.05 bits per heavy atom. The zero-order valence-electron chi connectivity index (χ0n) is 30.6. The van der Waals surface area contributed by atoms with Gasteiger partial charge in [-0.25, -0.2) is 9.97 Å². The molecule has 11 rings (SSSR count). The standard InChI is InChI=1S/C52H35N3/c1-32-27-28-35-17-6-8-21-39(35)46(32)47-33(2)51-48(42-24-11-10-23-41(42)47)43-25-12-13-26-45(43)55(51)52-49(38-20-14-19-37(31-38)34-15-4-3-5-16-34)53-44-30-29-36-18-7-9-22-40(36)50(44)54-52/h3-31H,1-2H3. The highest BCUT2D eigenvalue weighted by Gasteiger charge is 2.26. The third-order valence-corrected chi connectivity index (χ3v) is 11.5. The maximum Gasteiger partial charge on any atom is 0.165 e. The molecule has 0 aliphatic heterocycles. The van der Waals surface area contributed by atoms with Crippen LogP contribution in [0.1, 0.15) is 11.1 Å². The fourth-order valence-corrected chi connectivity index (χ4v) is 8.97. The molecule has 0 aliphatic carbocycles. The molecule has 3 heteroatoms. The van der Waals surface area contributed by atoms with Crippen LogP contribution in [0.25, 0.3) is 104 Å². The van der Waals surface area contributed by atoms with Crippen molar-refractivity contribution in [3.05, 3.63) is 187 Å². The topological polar surface area (TPSA) is 30.7 Å². The lowest BCUT2D eigenvalue weighted by molar-refractivity contribution is 1.08. The SMILES string of the molecule is Cc1ccc2ccccc2c1-c1c(C)c2c(c3ccccc13)c1ccccc1n2-c1nc2c(ccc3ccccc32)nc1-c1cccc(-c2ccccc2)c1. The molecule has 0 unspecified atom stereocenters. The maximum atomic E-state index is 5.72. The molecule has 3 nitrogen and oxygen atoms in total. The number of rotatable bonds is 4. The lowest BCUT2D eigenvalue weighted by Crippen LogP contribution is -2.05. The number of aryl methyl sites for hydroxylation is 2. The second-order valence-corrected chi connectivity index (χ2v) is 14.6. The van der Waals surface area contributed by atoms with Crippen LogP contribution in [0.3, 0.4) is 0 Å². The van der Waals surface area contributed by atoms with Crippen molar-refractivity contribution in [1.29, 1.82) is 0 Å². The average molecular weight is 702 g/mol. The van der Waals surface area contributed by atoms with Gasteiger partial charge < -0.3 is 0 Å². The predicted molar refractivity (Wildman–Crippen MR) is 232 cm³/mol. The molecule has 55 heavy (non-hydrogen) atoms. The Morgan fingerprint density at radius 1 is 0.436 bits per heavy atom. The number of nitrogens with zero attached hydrogens (tertiary/aromatic N) is 3. The Hall–Kier alpha value is -7.10. The summed E-state index contributed by atoms with van der Waals surface area (Å²) in [5.74, 6) is 0.819. The lowest BCUT2D eigenvalue weighted by atomic mass is 9.86. The van der Waals surface area contributed by atoms with Crippen molar-refractivity contribution >= 4 is 65.2 Å². The first kappa shape index (κ1) is 31.4. The first-order valence-electron chi connectivity index (χ1n) is 18.9. The summed E-state index contributed by atoms with van der Waals surface area (Å²) < 4.78 is 2.41. The number of para-hydroxylation sites is 1. The Bertz CT molecular complexity index is 3340. The van der Waals surface area contributed by atoms with E-state index in [2.05, 4.69) is 194 Å². The second-order valence-electron chi connectivity index (χ2n) is 14.6. The summed E-state index contributed by atoms with van der Waals surface area (Å²) >= 11 is 0. The van der Waals surface area contributed by atoms with Crippen LogP contribution in [0, 0.1) is 13.8 Å². The van der Waals surface area contributed by atoms with Gasteiger partial charge in [0.2, 0.25) is 0 Å². The van der Waals surface area contributed by atoms with Crippen molar-refractivity contribution in [1.82, 2.24) is 14.5 Å². The van der Waals surface area contributed by atoms with Crippen molar-refractivity contribution in [2.75, 3.05) is 0 Å². The minimum absolute atomic E-state index is 0.819. The van der Waals surface area contributed by atoms with Gasteiger partial charge in [-0.2, -0.15) is 0 Å². The first-order chi connectivity index (χ1) is 27.1. The molecule has 9 aromatic carbocycles. The molecule has 0 atom stereocenters. The second kappa shape index (κ2) is 12.2. The molecule has 2 heterocycles. The first-order valence-corrected chi connectivity index (χ1v) is 18.9. The van der Waals surface area contributed by atoms with Gasteiger partial charge in [0.15, 0.2) is 5.82 Å². The highest BCUT2D eigenvalue weighted by molar-refractivity contribution is 6.27. The van der Waals surface area contributed by atoms with Crippen LogP contribution < -0.4 is 0 Å². The van der Waals surface area contributed by atoms with Crippen LogP contribution >= 0.6 is 0 Å². The Morgan fingerprint density at radius 3 is 1.87 bits per heavy atom. The molecule has 0 saturated heterocycles. The summed E-state index contributed by atoms with van der Waals surface area (Å²) in [6.45, 7) is 4.55. The molecule has 0 spiro atoms. The molecular formula is C52H35N3. The highest BCUT2D eigenvalue weighted by atomic mass is 15.1. The van der Waals surface area contributed by atoms with Crippen LogP contribution in [0.5, 0.6) is 0 Å². The summed E-state index contributed by atoms with van der Waals surface area (Å²) in [4.78, 5) is 11.3. The van der Waals surface area contributed by atoms with E-state index in [0.717, 1.165) is 55.5 Å². The smallest absolute Gasteiger partial charge is 0.165 e. The number of hydrogen-bond donors (Lipinski definition) is 0. The normalized spacial score (nSPS) is 11.8. The molecular weight excluding hydrogens is 667 g/mol. The minimum atomic E-state index is 0.819. The molecule has 0 saturated carbocycles. The van der Waals surface area contributed by atoms with Crippen LogP contribution in [0.2, 0.25) is 0 Å². The molecule has 0 aliphatic rings. The number of fused-ring (bicyclic) bond motifs is 9. The quantitative estimate of drug-likeness (QED) is 0.171. The summed E-state index contributed by atoms with van der Waals surface area (Å²) in [6, 6.07) is 63.1. The predicted octanol–water partition coefficient (Wildman–Crippen LogP) is 13.8. The lowest BCUT2D eigenvalue weighted by Gasteiger charge is -2.20. The van der Waals surface area contributed by atoms with E-state index < -0.39 is 0 Å². The van der Waals surface area contributed by atoms with Crippen molar-refractivity contribution < 1.29 is 0 Å². The molecule has 2 aromatic heterocycles. The van der Waals surface area contributed by atoms with Gasteiger partial charge >= 0.3 is 0 Å². The largest absolute Gasteiger partial charge is 0.292 e. The van der Waals surface area contributed by atoms with Gasteiger partial charge in [-0.1, -0.05) is 158 Å². The van der Waals surface area contributed by atoms with Crippen molar-refractivity contribution in [3.63, 3.8) is 0 Å². The van der Waals surface area contributed by atoms with E-state index in [1.165, 1.54) is 60.1 Å². The fourth-order valence-electron chi connectivity index (χ4n) is 8.97. The van der Waals surface area contributed by atoms with Crippen molar-refractivity contribution in [2.24, 2.45) is 0 Å². The molecule has 0 N–H and O–H groups in total. The van der Waals surface area contributed by atoms with E-state index in [4.69, 9.17) is 9.97 Å². The van der Waals surface area contributed by atoms with E-state index in [-0.39, 0.29) is 0 Å². The Kier molecular flexibility index (Phi) is 6.99. The van der Waals surface area contributed by atoms with Gasteiger partial charge in [0.25, 0.3) is 0 Å². The van der Waals surface area contributed by atoms with Gasteiger partial charge in [0.05, 0.1) is 22.1 Å². The Labute approximate surface area is 318 Å². The highest BCUT2D eigenvalue weighted by Crippen LogP contribution is 2.47. The van der Waals surface area contributed by atoms with Crippen LogP contribution in [0.15, 0.2) is 176 Å². The van der Waals surface area contributed by atoms with E-state index >= 15 is 0 Å². The van der Waals surface area contributed by atoms with Gasteiger partial charge in [0, 0.05) is 21.7 Å². The van der Waals surface area contributed by atoms with E-state index in [0.29, 0.717) is 0 Å². The van der Waals surface area contributed by atoms with Gasteiger partial charge in [-0.15, -0.1) is 0 Å². The van der Waals surface area contributed by atoms with Crippen molar-refractivity contribution in [3.8, 4) is 39.3 Å². The molecule has 0 amide bonds. The monoisotopic (exact) mass is 701 g/mol. The number of hydrogen-bond acceptors (Lipinski definition) is 2. The fraction of sp³-hybridized carbons (Fsp3) is 0.0385. The van der Waals surface area contributed by atoms with E-state index in [9.17, 15) is 0 Å². The average Bonchev–Trinajstić information content (AvgIpc) is 3.60. The third-order valence-electron chi connectivity index (χ3n) is 11.5. The molecule has 0 radical (unpaired) electrons. The van der Waals surface area contributed by atoms with E-state index in [1.54, 1.807) is 0 Å². The zero-order chi connectivity index (χ0) is 36.6. The van der Waals surface area contributed by atoms with Crippen LogP contribution in [-0.4, -0.2) is 14.5 Å². The molecule has 0 bridgehead atoms. The third kappa shape index (κ3) is 4.76. The van der Waals surface area contributed by atoms with Gasteiger partial charge in [-0.3, -0.25) is 4.57 Å². The summed E-state index contributed by atoms with van der Waals surface area (Å²) in [5, 5.41) is 9.64. The number of benzene rings is 9. The summed E-state index contributed by atoms with van der Waals surface area (Å²) in [5.41, 5.74) is 13.2.